The van der Waals surface area contributed by atoms with Crippen molar-refractivity contribution in [2.75, 3.05) is 7.11 Å². The van der Waals surface area contributed by atoms with Crippen LogP contribution in [0.25, 0.3) is 17.2 Å². The number of hydrogen-bond acceptors (Lipinski definition) is 6. The van der Waals surface area contributed by atoms with Crippen LogP contribution < -0.4 is 5.32 Å². The molecule has 3 rings (SSSR count). The smallest absolute Gasteiger partial charge is 0.189 e. The molecule has 0 unspecified atom stereocenters. The van der Waals surface area contributed by atoms with Gasteiger partial charge in [-0.1, -0.05) is 0 Å². The summed E-state index contributed by atoms with van der Waals surface area (Å²) in [6.07, 6.45) is 4.28. The Morgan fingerprint density at radius 1 is 1.38 bits per heavy atom. The monoisotopic (exact) mass is 288 g/mol. The number of allylic oxidation sites excluding steroid dienone is 1. The Hall–Kier alpha value is -2.61. The van der Waals surface area contributed by atoms with Gasteiger partial charge in [0, 0.05) is 19.4 Å². The Balaban J connectivity index is 2.20. The van der Waals surface area contributed by atoms with Crippen LogP contribution in [0.2, 0.25) is 0 Å². The lowest BCUT2D eigenvalue weighted by molar-refractivity contribution is 0.192. The predicted octanol–water partition coefficient (Wildman–Crippen LogP) is 0.237. The first kappa shape index (κ1) is 13.4. The van der Waals surface area contributed by atoms with E-state index in [1.165, 1.54) is 0 Å². The average Bonchev–Trinajstić information content (AvgIpc) is 3.05. The molecule has 2 N–H and O–H groups in total. The lowest BCUT2D eigenvalue weighted by atomic mass is 10.2. The summed E-state index contributed by atoms with van der Waals surface area (Å²) in [6, 6.07) is 1.84. The Kier molecular flexibility index (Phi) is 3.22. The van der Waals surface area contributed by atoms with Crippen LogP contribution in [-0.4, -0.2) is 43.0 Å². The van der Waals surface area contributed by atoms with Crippen LogP contribution in [0, 0.1) is 6.92 Å². The van der Waals surface area contributed by atoms with Crippen molar-refractivity contribution in [3.05, 3.63) is 36.1 Å². The van der Waals surface area contributed by atoms with Crippen LogP contribution in [0.1, 0.15) is 5.82 Å². The number of nitrogens with zero attached hydrogens (tertiary/aromatic N) is 5. The highest BCUT2D eigenvalue weighted by Gasteiger charge is 2.26. The largest absolute Gasteiger partial charge is 0.495 e. The third-order valence-electron chi connectivity index (χ3n) is 3.23. The Labute approximate surface area is 121 Å². The summed E-state index contributed by atoms with van der Waals surface area (Å²) in [6.45, 7) is 1.81. The minimum atomic E-state index is -0.915. The molecule has 0 amide bonds. The van der Waals surface area contributed by atoms with Gasteiger partial charge < -0.3 is 15.2 Å². The molecule has 0 saturated carbocycles. The second-order valence-corrected chi connectivity index (χ2v) is 4.64. The van der Waals surface area contributed by atoms with Crippen molar-refractivity contribution in [3.63, 3.8) is 0 Å². The van der Waals surface area contributed by atoms with Gasteiger partial charge in [0.2, 0.25) is 0 Å². The van der Waals surface area contributed by atoms with E-state index in [1.54, 1.807) is 28.6 Å². The second kappa shape index (κ2) is 5.06. The van der Waals surface area contributed by atoms with Crippen molar-refractivity contribution >= 4 is 5.70 Å². The van der Waals surface area contributed by atoms with E-state index in [1.807, 2.05) is 26.2 Å². The third kappa shape index (κ3) is 2.19. The van der Waals surface area contributed by atoms with E-state index in [-0.39, 0.29) is 0 Å². The Morgan fingerprint density at radius 2 is 2.19 bits per heavy atom. The van der Waals surface area contributed by atoms with Gasteiger partial charge in [-0.3, -0.25) is 9.25 Å². The molecule has 0 aromatic carbocycles. The van der Waals surface area contributed by atoms with E-state index in [9.17, 15) is 5.11 Å². The number of aliphatic hydroxyl groups is 1. The van der Waals surface area contributed by atoms with Crippen molar-refractivity contribution in [3.8, 4) is 11.5 Å². The first-order valence-electron chi connectivity index (χ1n) is 6.43. The fourth-order valence-electron chi connectivity index (χ4n) is 2.27. The molecule has 0 fully saturated rings. The molecule has 8 nitrogen and oxygen atoms in total. The maximum Gasteiger partial charge on any atom is 0.189 e. The van der Waals surface area contributed by atoms with Gasteiger partial charge in [-0.05, 0) is 19.1 Å². The average molecular weight is 288 g/mol. The van der Waals surface area contributed by atoms with Gasteiger partial charge in [0.25, 0.3) is 0 Å². The lowest BCUT2D eigenvalue weighted by Crippen LogP contribution is -2.32. The van der Waals surface area contributed by atoms with Gasteiger partial charge in [0.05, 0.1) is 7.11 Å². The molecule has 0 aliphatic carbocycles. The summed E-state index contributed by atoms with van der Waals surface area (Å²) in [5, 5.41) is 25.7. The first-order valence-corrected chi connectivity index (χ1v) is 6.43. The highest BCUT2D eigenvalue weighted by atomic mass is 16.5. The highest BCUT2D eigenvalue weighted by Crippen LogP contribution is 2.26. The van der Waals surface area contributed by atoms with Gasteiger partial charge in [-0.2, -0.15) is 5.10 Å². The third-order valence-corrected chi connectivity index (χ3v) is 3.23. The fourth-order valence-corrected chi connectivity index (χ4v) is 2.27. The fraction of sp³-hybridized carbons (Fsp3) is 0.308. The summed E-state index contributed by atoms with van der Waals surface area (Å²) >= 11 is 0. The summed E-state index contributed by atoms with van der Waals surface area (Å²) in [5.74, 6) is 1.73. The molecule has 0 bridgehead atoms. The van der Waals surface area contributed by atoms with Crippen molar-refractivity contribution in [2.45, 2.75) is 13.2 Å². The number of aryl methyl sites for hydroxylation is 2. The van der Waals surface area contributed by atoms with Crippen LogP contribution in [0.3, 0.4) is 0 Å². The van der Waals surface area contributed by atoms with Crippen LogP contribution >= 0.6 is 0 Å². The van der Waals surface area contributed by atoms with Crippen molar-refractivity contribution in [2.24, 2.45) is 7.05 Å². The normalized spacial score (nSPS) is 18.0. The second-order valence-electron chi connectivity index (χ2n) is 4.64. The minimum Gasteiger partial charge on any atom is -0.495 e. The molecule has 1 atom stereocenters. The van der Waals surface area contributed by atoms with Crippen LogP contribution in [0.4, 0.5) is 0 Å². The summed E-state index contributed by atoms with van der Waals surface area (Å²) < 4.78 is 8.76. The van der Waals surface area contributed by atoms with Crippen LogP contribution in [-0.2, 0) is 11.8 Å². The van der Waals surface area contributed by atoms with Crippen LogP contribution in [0.15, 0.2) is 30.3 Å². The SMILES string of the molecule is COC1=C(n2c(C)nnc2-c2ccn(C)n2)[C@H](O)NC=C1. The number of methoxy groups -OCH3 is 1. The first-order chi connectivity index (χ1) is 10.1. The van der Waals surface area contributed by atoms with Crippen molar-refractivity contribution in [1.82, 2.24) is 29.9 Å². The van der Waals surface area contributed by atoms with Crippen LogP contribution in [0.5, 0.6) is 0 Å². The van der Waals surface area contributed by atoms with E-state index in [0.29, 0.717) is 28.8 Å². The molecule has 21 heavy (non-hydrogen) atoms. The Bertz CT molecular complexity index is 727. The zero-order valence-electron chi connectivity index (χ0n) is 12.0. The number of rotatable bonds is 3. The number of hydrogen-bond donors (Lipinski definition) is 2. The zero-order chi connectivity index (χ0) is 15.0. The highest BCUT2D eigenvalue weighted by molar-refractivity contribution is 5.65. The molecular weight excluding hydrogens is 272 g/mol. The zero-order valence-corrected chi connectivity index (χ0v) is 12.0. The molecule has 110 valence electrons. The summed E-state index contributed by atoms with van der Waals surface area (Å²) in [4.78, 5) is 0. The minimum absolute atomic E-state index is 0.531. The van der Waals surface area contributed by atoms with Crippen molar-refractivity contribution in [1.29, 1.82) is 0 Å². The molecule has 1 aliphatic rings. The van der Waals surface area contributed by atoms with Gasteiger partial charge in [0.15, 0.2) is 12.1 Å². The maximum atomic E-state index is 10.2. The quantitative estimate of drug-likeness (QED) is 0.840. The molecule has 2 aromatic heterocycles. The summed E-state index contributed by atoms with van der Waals surface area (Å²) in [7, 11) is 3.38. The molecule has 8 heteroatoms. The van der Waals surface area contributed by atoms with E-state index in [2.05, 4.69) is 20.6 Å². The van der Waals surface area contributed by atoms with E-state index in [0.717, 1.165) is 0 Å². The number of nitrogens with one attached hydrogen (secondary N) is 1. The molecule has 1 aliphatic heterocycles. The topological polar surface area (TPSA) is 90.0 Å². The summed E-state index contributed by atoms with van der Waals surface area (Å²) in [5.41, 5.74) is 1.20. The van der Waals surface area contributed by atoms with Gasteiger partial charge in [-0.15, -0.1) is 10.2 Å². The lowest BCUT2D eigenvalue weighted by Gasteiger charge is -2.23. The van der Waals surface area contributed by atoms with Gasteiger partial charge >= 0.3 is 0 Å². The maximum absolute atomic E-state index is 10.2. The molecule has 2 aromatic rings. The van der Waals surface area contributed by atoms with Gasteiger partial charge in [0.1, 0.15) is 23.0 Å². The van der Waals surface area contributed by atoms with E-state index >= 15 is 0 Å². The molecule has 0 saturated heterocycles. The number of dihydropyridines is 1. The number of aromatic nitrogens is 5. The van der Waals surface area contributed by atoms with E-state index < -0.39 is 6.23 Å². The number of ether oxygens (including phenoxy) is 1. The van der Waals surface area contributed by atoms with E-state index in [4.69, 9.17) is 4.74 Å². The standard InChI is InChI=1S/C13H16N6O2/c1-8-15-16-12(9-5-7-18(2)17-9)19(8)11-10(21-3)4-6-14-13(11)20/h4-7,13-14,20H,1-3H3/t13-/m0/s1. The molecular formula is C13H16N6O2. The predicted molar refractivity (Wildman–Crippen MR) is 75.5 cm³/mol. The Morgan fingerprint density at radius 3 is 2.86 bits per heavy atom. The van der Waals surface area contributed by atoms with Crippen molar-refractivity contribution < 1.29 is 9.84 Å². The molecule has 0 radical (unpaired) electrons. The molecule has 0 spiro atoms. The van der Waals surface area contributed by atoms with Gasteiger partial charge in [-0.25, -0.2) is 0 Å². The number of aliphatic hydroxyl groups excluding tert-OH is 1. The molecule has 3 heterocycles.